The van der Waals surface area contributed by atoms with Crippen LogP contribution >= 0.6 is 11.3 Å². The standard InChI is InChI=1S/C19H24N4O2S/c1-13(2)16-11-20-18(26-16)22-17(24)14-7-6-10-23(12-14)19(25)21-15-8-4-3-5-9-15/h3-5,8-9,11,13-14H,6-7,10,12H2,1-2H3,(H,21,25)(H,20,22,24). The van der Waals surface area contributed by atoms with Gasteiger partial charge in [-0.25, -0.2) is 9.78 Å². The van der Waals surface area contributed by atoms with Crippen molar-refractivity contribution in [3.63, 3.8) is 0 Å². The molecular weight excluding hydrogens is 348 g/mol. The summed E-state index contributed by atoms with van der Waals surface area (Å²) in [5, 5.41) is 6.42. The van der Waals surface area contributed by atoms with Crippen molar-refractivity contribution < 1.29 is 9.59 Å². The summed E-state index contributed by atoms with van der Waals surface area (Å²) in [6.45, 7) is 5.29. The molecule has 1 aliphatic rings. The number of benzene rings is 1. The minimum atomic E-state index is -0.211. The summed E-state index contributed by atoms with van der Waals surface area (Å²) in [7, 11) is 0. The summed E-state index contributed by atoms with van der Waals surface area (Å²) in [5.74, 6) is 0.119. The molecule has 1 aromatic heterocycles. The Kier molecular flexibility index (Phi) is 5.88. The van der Waals surface area contributed by atoms with E-state index in [1.807, 2.05) is 36.5 Å². The van der Waals surface area contributed by atoms with Gasteiger partial charge in [-0.05, 0) is 30.9 Å². The fourth-order valence-electron chi connectivity index (χ4n) is 2.92. The van der Waals surface area contributed by atoms with Crippen molar-refractivity contribution in [3.8, 4) is 0 Å². The molecule has 6 nitrogen and oxygen atoms in total. The monoisotopic (exact) mass is 372 g/mol. The molecule has 138 valence electrons. The third-order valence-electron chi connectivity index (χ3n) is 4.43. The van der Waals surface area contributed by atoms with Gasteiger partial charge >= 0.3 is 6.03 Å². The quantitative estimate of drug-likeness (QED) is 0.847. The van der Waals surface area contributed by atoms with Gasteiger partial charge in [-0.2, -0.15) is 0 Å². The molecule has 0 spiro atoms. The second-order valence-corrected chi connectivity index (χ2v) is 7.86. The van der Waals surface area contributed by atoms with E-state index < -0.39 is 0 Å². The van der Waals surface area contributed by atoms with Crippen LogP contribution in [0.15, 0.2) is 36.5 Å². The van der Waals surface area contributed by atoms with Crippen LogP contribution in [0.5, 0.6) is 0 Å². The topological polar surface area (TPSA) is 74.3 Å². The fraction of sp³-hybridized carbons (Fsp3) is 0.421. The predicted molar refractivity (Wildman–Crippen MR) is 105 cm³/mol. The van der Waals surface area contributed by atoms with Gasteiger partial charge in [0.25, 0.3) is 0 Å². The molecule has 0 aliphatic carbocycles. The van der Waals surface area contributed by atoms with Crippen molar-refractivity contribution in [2.24, 2.45) is 5.92 Å². The Morgan fingerprint density at radius 1 is 1.23 bits per heavy atom. The zero-order valence-electron chi connectivity index (χ0n) is 15.1. The first-order valence-electron chi connectivity index (χ1n) is 8.90. The van der Waals surface area contributed by atoms with E-state index in [2.05, 4.69) is 29.5 Å². The zero-order valence-corrected chi connectivity index (χ0v) is 15.9. The van der Waals surface area contributed by atoms with Crippen molar-refractivity contribution >= 4 is 34.1 Å². The van der Waals surface area contributed by atoms with Crippen LogP contribution in [0.2, 0.25) is 0 Å². The van der Waals surface area contributed by atoms with Gasteiger partial charge in [0.2, 0.25) is 5.91 Å². The molecule has 7 heteroatoms. The summed E-state index contributed by atoms with van der Waals surface area (Å²) in [4.78, 5) is 32.1. The molecule has 1 unspecified atom stereocenters. The highest BCUT2D eigenvalue weighted by Gasteiger charge is 2.29. The number of carbonyl (C=O) groups excluding carboxylic acids is 2. The number of urea groups is 1. The summed E-state index contributed by atoms with van der Waals surface area (Å²) in [5.41, 5.74) is 0.757. The average molecular weight is 372 g/mol. The largest absolute Gasteiger partial charge is 0.324 e. The smallest absolute Gasteiger partial charge is 0.321 e. The van der Waals surface area contributed by atoms with E-state index in [0.29, 0.717) is 24.1 Å². The first-order chi connectivity index (χ1) is 12.5. The zero-order chi connectivity index (χ0) is 18.5. The number of aromatic nitrogens is 1. The fourth-order valence-corrected chi connectivity index (χ4v) is 3.74. The van der Waals surface area contributed by atoms with E-state index in [0.717, 1.165) is 23.4 Å². The number of amides is 3. The van der Waals surface area contributed by atoms with Crippen LogP contribution in [0.1, 0.15) is 37.5 Å². The minimum absolute atomic E-state index is 0.0631. The highest BCUT2D eigenvalue weighted by Crippen LogP contribution is 2.26. The maximum absolute atomic E-state index is 12.6. The molecule has 1 aromatic carbocycles. The first-order valence-corrected chi connectivity index (χ1v) is 9.72. The molecular formula is C19H24N4O2S. The number of piperidine rings is 1. The van der Waals surface area contributed by atoms with Gasteiger partial charge in [0.15, 0.2) is 5.13 Å². The van der Waals surface area contributed by atoms with Crippen molar-refractivity contribution in [1.82, 2.24) is 9.88 Å². The Balaban J connectivity index is 1.56. The molecule has 2 aromatic rings. The Labute approximate surface area is 157 Å². The lowest BCUT2D eigenvalue weighted by Gasteiger charge is -2.31. The number of hydrogen-bond acceptors (Lipinski definition) is 4. The maximum atomic E-state index is 12.6. The van der Waals surface area contributed by atoms with Crippen LogP contribution < -0.4 is 10.6 Å². The van der Waals surface area contributed by atoms with E-state index in [1.165, 1.54) is 11.3 Å². The number of para-hydroxylation sites is 1. The molecule has 2 N–H and O–H groups in total. The summed E-state index contributed by atoms with van der Waals surface area (Å²) in [6, 6.07) is 9.19. The van der Waals surface area contributed by atoms with E-state index in [9.17, 15) is 9.59 Å². The molecule has 1 fully saturated rings. The number of carbonyl (C=O) groups is 2. The lowest BCUT2D eigenvalue weighted by Crippen LogP contribution is -2.45. The Hall–Kier alpha value is -2.41. The molecule has 1 saturated heterocycles. The number of nitrogens with zero attached hydrogens (tertiary/aromatic N) is 2. The average Bonchev–Trinajstić information content (AvgIpc) is 3.11. The third kappa shape index (κ3) is 4.60. The van der Waals surface area contributed by atoms with Crippen LogP contribution in [0.4, 0.5) is 15.6 Å². The van der Waals surface area contributed by atoms with Crippen molar-refractivity contribution in [1.29, 1.82) is 0 Å². The predicted octanol–water partition coefficient (Wildman–Crippen LogP) is 4.15. The highest BCUT2D eigenvalue weighted by molar-refractivity contribution is 7.15. The van der Waals surface area contributed by atoms with Crippen LogP contribution in [-0.2, 0) is 4.79 Å². The van der Waals surface area contributed by atoms with Gasteiger partial charge in [0.05, 0.1) is 5.92 Å². The van der Waals surface area contributed by atoms with Crippen LogP contribution in [0.3, 0.4) is 0 Å². The molecule has 26 heavy (non-hydrogen) atoms. The number of rotatable bonds is 4. The SMILES string of the molecule is CC(C)c1cnc(NC(=O)C2CCCN(C(=O)Nc3ccccc3)C2)s1. The number of hydrogen-bond donors (Lipinski definition) is 2. The first kappa shape index (κ1) is 18.4. The van der Waals surface area contributed by atoms with Gasteiger partial charge in [-0.3, -0.25) is 4.79 Å². The second kappa shape index (κ2) is 8.31. The minimum Gasteiger partial charge on any atom is -0.324 e. The van der Waals surface area contributed by atoms with E-state index >= 15 is 0 Å². The molecule has 1 atom stereocenters. The normalized spacial score (nSPS) is 17.2. The number of likely N-dealkylation sites (tertiary alicyclic amines) is 1. The third-order valence-corrected chi connectivity index (χ3v) is 5.64. The molecule has 0 radical (unpaired) electrons. The number of anilines is 2. The van der Waals surface area contributed by atoms with Gasteiger partial charge < -0.3 is 15.5 Å². The maximum Gasteiger partial charge on any atom is 0.321 e. The van der Waals surface area contributed by atoms with Gasteiger partial charge in [0, 0.05) is 29.9 Å². The second-order valence-electron chi connectivity index (χ2n) is 6.79. The number of nitrogens with one attached hydrogen (secondary N) is 2. The molecule has 0 saturated carbocycles. The Morgan fingerprint density at radius 3 is 2.69 bits per heavy atom. The van der Waals surface area contributed by atoms with Crippen molar-refractivity contribution in [2.45, 2.75) is 32.6 Å². The Morgan fingerprint density at radius 2 is 2.00 bits per heavy atom. The lowest BCUT2D eigenvalue weighted by atomic mass is 9.97. The molecule has 3 amide bonds. The van der Waals surface area contributed by atoms with Crippen molar-refractivity contribution in [2.75, 3.05) is 23.7 Å². The summed E-state index contributed by atoms with van der Waals surface area (Å²) >= 11 is 1.51. The van der Waals surface area contributed by atoms with Crippen LogP contribution in [0, 0.1) is 5.92 Å². The van der Waals surface area contributed by atoms with E-state index in [4.69, 9.17) is 0 Å². The highest BCUT2D eigenvalue weighted by atomic mass is 32.1. The molecule has 0 bridgehead atoms. The van der Waals surface area contributed by atoms with Gasteiger partial charge in [-0.15, -0.1) is 11.3 Å². The summed E-state index contributed by atoms with van der Waals surface area (Å²) < 4.78 is 0. The number of thiazole rings is 1. The van der Waals surface area contributed by atoms with Crippen LogP contribution in [-0.4, -0.2) is 34.9 Å². The Bertz CT molecular complexity index is 760. The van der Waals surface area contributed by atoms with Gasteiger partial charge in [0.1, 0.15) is 0 Å². The lowest BCUT2D eigenvalue weighted by molar-refractivity contribution is -0.121. The van der Waals surface area contributed by atoms with Gasteiger partial charge in [-0.1, -0.05) is 32.0 Å². The molecule has 2 heterocycles. The molecule has 3 rings (SSSR count). The van der Waals surface area contributed by atoms with E-state index in [-0.39, 0.29) is 17.9 Å². The van der Waals surface area contributed by atoms with Crippen molar-refractivity contribution in [3.05, 3.63) is 41.4 Å². The summed E-state index contributed by atoms with van der Waals surface area (Å²) in [6.07, 6.45) is 3.41. The van der Waals surface area contributed by atoms with E-state index in [1.54, 1.807) is 4.90 Å². The van der Waals surface area contributed by atoms with Crippen LogP contribution in [0.25, 0.3) is 0 Å². The molecule has 1 aliphatic heterocycles.